The van der Waals surface area contributed by atoms with Crippen LogP contribution in [0.15, 0.2) is 12.5 Å². The van der Waals surface area contributed by atoms with Gasteiger partial charge in [0.15, 0.2) is 5.65 Å². The number of anilines is 1. The van der Waals surface area contributed by atoms with Crippen LogP contribution in [0.25, 0.3) is 11.0 Å². The van der Waals surface area contributed by atoms with E-state index in [1.807, 2.05) is 13.2 Å². The van der Waals surface area contributed by atoms with Crippen molar-refractivity contribution in [1.82, 2.24) is 24.6 Å². The summed E-state index contributed by atoms with van der Waals surface area (Å²) in [6, 6.07) is 0. The van der Waals surface area contributed by atoms with Gasteiger partial charge in [0.25, 0.3) is 0 Å². The highest BCUT2D eigenvalue weighted by atomic mass is 16.2. The van der Waals surface area contributed by atoms with Crippen molar-refractivity contribution >= 4 is 22.8 Å². The van der Waals surface area contributed by atoms with E-state index in [-0.39, 0.29) is 5.92 Å². The van der Waals surface area contributed by atoms with Crippen LogP contribution in [-0.4, -0.2) is 56.7 Å². The minimum Gasteiger partial charge on any atom is -0.356 e. The van der Waals surface area contributed by atoms with Gasteiger partial charge in [-0.3, -0.25) is 9.48 Å². The van der Waals surface area contributed by atoms with Gasteiger partial charge in [0.1, 0.15) is 12.1 Å². The molecule has 7 heteroatoms. The molecule has 2 aromatic heterocycles. The molecule has 0 aromatic carbocycles. The van der Waals surface area contributed by atoms with Gasteiger partial charge in [0.05, 0.1) is 11.6 Å². The lowest BCUT2D eigenvalue weighted by Crippen LogP contribution is -2.46. The molecule has 4 heterocycles. The number of nitrogens with zero attached hydrogens (tertiary/aromatic N) is 6. The van der Waals surface area contributed by atoms with Crippen molar-refractivity contribution in [3.63, 3.8) is 0 Å². The Balaban J connectivity index is 1.43. The smallest absolute Gasteiger partial charge is 0.225 e. The van der Waals surface area contributed by atoms with Gasteiger partial charge in [0, 0.05) is 39.1 Å². The zero-order valence-electron chi connectivity index (χ0n) is 15.1. The molecule has 0 radical (unpaired) electrons. The molecule has 0 N–H and O–H groups in total. The lowest BCUT2D eigenvalue weighted by atomic mass is 9.92. The van der Waals surface area contributed by atoms with Gasteiger partial charge in [-0.2, -0.15) is 5.10 Å². The van der Waals surface area contributed by atoms with E-state index >= 15 is 0 Å². The third-order valence-electron chi connectivity index (χ3n) is 5.62. The quantitative estimate of drug-likeness (QED) is 0.833. The number of aryl methyl sites for hydroxylation is 1. The van der Waals surface area contributed by atoms with Gasteiger partial charge in [-0.1, -0.05) is 6.92 Å². The van der Waals surface area contributed by atoms with E-state index in [4.69, 9.17) is 0 Å². The van der Waals surface area contributed by atoms with Crippen LogP contribution in [0.2, 0.25) is 0 Å². The summed E-state index contributed by atoms with van der Waals surface area (Å²) in [5.74, 6) is 2.10. The summed E-state index contributed by atoms with van der Waals surface area (Å²) in [5, 5.41) is 5.28. The van der Waals surface area contributed by atoms with Crippen LogP contribution < -0.4 is 4.90 Å². The highest BCUT2D eigenvalue weighted by Gasteiger charge is 2.31. The maximum atomic E-state index is 12.8. The topological polar surface area (TPSA) is 67.2 Å². The maximum Gasteiger partial charge on any atom is 0.225 e. The second kappa shape index (κ2) is 6.61. The number of aromatic nitrogens is 4. The predicted molar refractivity (Wildman–Crippen MR) is 96.2 cm³/mol. The van der Waals surface area contributed by atoms with Crippen molar-refractivity contribution < 1.29 is 4.79 Å². The number of carbonyl (C=O) groups is 1. The van der Waals surface area contributed by atoms with Crippen LogP contribution in [0, 0.1) is 11.8 Å². The van der Waals surface area contributed by atoms with Gasteiger partial charge in [-0.05, 0) is 31.6 Å². The summed E-state index contributed by atoms with van der Waals surface area (Å²) in [7, 11) is 1.89. The average Bonchev–Trinajstić information content (AvgIpc) is 3.03. The van der Waals surface area contributed by atoms with Crippen LogP contribution in [0.3, 0.4) is 0 Å². The van der Waals surface area contributed by atoms with Gasteiger partial charge < -0.3 is 9.80 Å². The Morgan fingerprint density at radius 2 is 1.96 bits per heavy atom. The Labute approximate surface area is 148 Å². The molecule has 2 aliphatic heterocycles. The van der Waals surface area contributed by atoms with E-state index in [0.717, 1.165) is 62.3 Å². The third kappa shape index (κ3) is 3.07. The monoisotopic (exact) mass is 342 g/mol. The van der Waals surface area contributed by atoms with Crippen molar-refractivity contribution in [2.75, 3.05) is 31.1 Å². The van der Waals surface area contributed by atoms with Crippen molar-refractivity contribution in [3.05, 3.63) is 12.5 Å². The van der Waals surface area contributed by atoms with Crippen molar-refractivity contribution in [3.8, 4) is 0 Å². The molecular weight excluding hydrogens is 316 g/mol. The molecule has 1 amide bonds. The van der Waals surface area contributed by atoms with E-state index in [9.17, 15) is 4.79 Å². The number of carbonyl (C=O) groups excluding carboxylic acids is 1. The average molecular weight is 342 g/mol. The molecule has 2 fully saturated rings. The largest absolute Gasteiger partial charge is 0.356 e. The Bertz CT molecular complexity index is 764. The van der Waals surface area contributed by atoms with E-state index in [1.54, 1.807) is 11.0 Å². The molecule has 0 spiro atoms. The number of hydrogen-bond acceptors (Lipinski definition) is 5. The SMILES string of the molecule is CC1CCCN(C(=O)C2CCN(c3ncnc4c3cnn4C)CC2)C1. The van der Waals surface area contributed by atoms with E-state index in [2.05, 4.69) is 31.8 Å². The first-order chi connectivity index (χ1) is 12.1. The summed E-state index contributed by atoms with van der Waals surface area (Å²) in [4.78, 5) is 26.0. The second-order valence-corrected chi connectivity index (χ2v) is 7.50. The molecule has 2 aliphatic rings. The summed E-state index contributed by atoms with van der Waals surface area (Å²) in [6.07, 6.45) is 7.62. The Kier molecular flexibility index (Phi) is 4.31. The summed E-state index contributed by atoms with van der Waals surface area (Å²) < 4.78 is 1.77. The number of rotatable bonds is 2. The molecular formula is C18H26N6O. The highest BCUT2D eigenvalue weighted by molar-refractivity contribution is 5.87. The van der Waals surface area contributed by atoms with Crippen LogP contribution in [0.1, 0.15) is 32.6 Å². The Morgan fingerprint density at radius 1 is 1.16 bits per heavy atom. The van der Waals surface area contributed by atoms with Crippen LogP contribution in [0.5, 0.6) is 0 Å². The Hall–Kier alpha value is -2.18. The van der Waals surface area contributed by atoms with Crippen molar-refractivity contribution in [2.45, 2.75) is 32.6 Å². The van der Waals surface area contributed by atoms with Gasteiger partial charge >= 0.3 is 0 Å². The fraction of sp³-hybridized carbons (Fsp3) is 0.667. The molecule has 7 nitrogen and oxygen atoms in total. The van der Waals surface area contributed by atoms with Gasteiger partial charge in [0.2, 0.25) is 5.91 Å². The Morgan fingerprint density at radius 3 is 2.72 bits per heavy atom. The molecule has 1 atom stereocenters. The fourth-order valence-corrected chi connectivity index (χ4v) is 4.19. The second-order valence-electron chi connectivity index (χ2n) is 7.50. The van der Waals surface area contributed by atoms with Crippen LogP contribution in [-0.2, 0) is 11.8 Å². The normalized spacial score (nSPS) is 22.6. The molecule has 1 unspecified atom stereocenters. The lowest BCUT2D eigenvalue weighted by molar-refractivity contribution is -0.137. The molecule has 25 heavy (non-hydrogen) atoms. The summed E-state index contributed by atoms with van der Waals surface area (Å²) in [5.41, 5.74) is 0.852. The first-order valence-electron chi connectivity index (χ1n) is 9.30. The maximum absolute atomic E-state index is 12.8. The molecule has 0 saturated carbocycles. The first kappa shape index (κ1) is 16.3. The molecule has 134 valence electrons. The highest BCUT2D eigenvalue weighted by Crippen LogP contribution is 2.28. The minimum atomic E-state index is 0.160. The van der Waals surface area contributed by atoms with Crippen LogP contribution >= 0.6 is 0 Å². The van der Waals surface area contributed by atoms with Crippen LogP contribution in [0.4, 0.5) is 5.82 Å². The number of amides is 1. The van der Waals surface area contributed by atoms with E-state index in [0.29, 0.717) is 11.8 Å². The van der Waals surface area contributed by atoms with Crippen molar-refractivity contribution in [1.29, 1.82) is 0 Å². The number of fused-ring (bicyclic) bond motifs is 1. The summed E-state index contributed by atoms with van der Waals surface area (Å²) in [6.45, 7) is 5.84. The molecule has 0 aliphatic carbocycles. The lowest BCUT2D eigenvalue weighted by Gasteiger charge is -2.37. The minimum absolute atomic E-state index is 0.160. The number of hydrogen-bond donors (Lipinski definition) is 0. The van der Waals surface area contributed by atoms with Gasteiger partial charge in [-0.15, -0.1) is 0 Å². The third-order valence-corrected chi connectivity index (χ3v) is 5.62. The standard InChI is InChI=1S/C18H26N6O/c1-13-4-3-7-24(11-13)18(25)14-5-8-23(9-6-14)17-15-10-21-22(2)16(15)19-12-20-17/h10,12-14H,3-9,11H2,1-2H3. The summed E-state index contributed by atoms with van der Waals surface area (Å²) >= 11 is 0. The molecule has 2 aromatic rings. The zero-order valence-corrected chi connectivity index (χ0v) is 15.1. The number of piperidine rings is 2. The van der Waals surface area contributed by atoms with E-state index < -0.39 is 0 Å². The molecule has 4 rings (SSSR count). The molecule has 2 saturated heterocycles. The number of likely N-dealkylation sites (tertiary alicyclic amines) is 1. The molecule has 0 bridgehead atoms. The zero-order chi connectivity index (χ0) is 17.4. The first-order valence-corrected chi connectivity index (χ1v) is 9.30. The van der Waals surface area contributed by atoms with Gasteiger partial charge in [-0.25, -0.2) is 9.97 Å². The van der Waals surface area contributed by atoms with Crippen molar-refractivity contribution in [2.24, 2.45) is 18.9 Å². The predicted octanol–water partition coefficient (Wildman–Crippen LogP) is 1.84. The van der Waals surface area contributed by atoms with E-state index in [1.165, 1.54) is 6.42 Å². The fourth-order valence-electron chi connectivity index (χ4n) is 4.19.